The van der Waals surface area contributed by atoms with Crippen LogP contribution in [-0.2, 0) is 12.8 Å². The smallest absolute Gasteiger partial charge is 0.164 e. The Balaban J connectivity index is 1.69. The second kappa shape index (κ2) is 6.95. The number of thiophene rings is 1. The van der Waals surface area contributed by atoms with Crippen LogP contribution in [0.15, 0.2) is 49.1 Å². The number of rotatable bonds is 4. The molecular formula is C22H21N5S. The third kappa shape index (κ3) is 2.85. The number of hydrogen-bond acceptors (Lipinski definition) is 6. The molecule has 28 heavy (non-hydrogen) atoms. The van der Waals surface area contributed by atoms with E-state index in [0.717, 1.165) is 34.9 Å². The molecule has 140 valence electrons. The number of aromatic nitrogens is 4. The Kier molecular flexibility index (Phi) is 4.28. The molecular weight excluding hydrogens is 366 g/mol. The summed E-state index contributed by atoms with van der Waals surface area (Å²) in [5.74, 6) is 1.74. The summed E-state index contributed by atoms with van der Waals surface area (Å²) in [7, 11) is 2.12. The van der Waals surface area contributed by atoms with Gasteiger partial charge < -0.3 is 4.90 Å². The molecule has 4 aromatic rings. The van der Waals surface area contributed by atoms with Gasteiger partial charge in [0, 0.05) is 42.3 Å². The average molecular weight is 388 g/mol. The monoisotopic (exact) mass is 387 g/mol. The number of aryl methyl sites for hydroxylation is 2. The quantitative estimate of drug-likeness (QED) is 0.502. The summed E-state index contributed by atoms with van der Waals surface area (Å²) < 4.78 is 0. The molecule has 1 atom stereocenters. The highest BCUT2D eigenvalue weighted by atomic mass is 32.1. The maximum Gasteiger partial charge on any atom is 0.164 e. The van der Waals surface area contributed by atoms with Gasteiger partial charge in [-0.1, -0.05) is 6.07 Å². The van der Waals surface area contributed by atoms with E-state index in [-0.39, 0.29) is 6.04 Å². The summed E-state index contributed by atoms with van der Waals surface area (Å²) in [5, 5.41) is 1.23. The van der Waals surface area contributed by atoms with Crippen LogP contribution in [0.25, 0.3) is 21.6 Å². The lowest BCUT2D eigenvalue weighted by Gasteiger charge is -2.27. The van der Waals surface area contributed by atoms with Gasteiger partial charge in [0.25, 0.3) is 0 Å². The summed E-state index contributed by atoms with van der Waals surface area (Å²) in [4.78, 5) is 23.3. The van der Waals surface area contributed by atoms with Gasteiger partial charge in [0.05, 0.1) is 11.4 Å². The molecule has 5 rings (SSSR count). The largest absolute Gasteiger partial charge is 0.352 e. The summed E-state index contributed by atoms with van der Waals surface area (Å²) in [5.41, 5.74) is 3.56. The van der Waals surface area contributed by atoms with Crippen molar-refractivity contribution in [1.29, 1.82) is 0 Å². The summed E-state index contributed by atoms with van der Waals surface area (Å²) >= 11 is 1.82. The van der Waals surface area contributed by atoms with Gasteiger partial charge in [-0.2, -0.15) is 0 Å². The van der Waals surface area contributed by atoms with E-state index in [4.69, 9.17) is 9.97 Å². The van der Waals surface area contributed by atoms with Crippen LogP contribution in [0.2, 0.25) is 0 Å². The van der Waals surface area contributed by atoms with Crippen LogP contribution in [0.3, 0.4) is 0 Å². The van der Waals surface area contributed by atoms with E-state index in [2.05, 4.69) is 34.9 Å². The van der Waals surface area contributed by atoms with E-state index in [1.165, 1.54) is 27.8 Å². The van der Waals surface area contributed by atoms with Crippen molar-refractivity contribution >= 4 is 27.4 Å². The molecule has 0 aromatic carbocycles. The third-order valence-corrected chi connectivity index (χ3v) is 6.73. The highest BCUT2D eigenvalue weighted by Crippen LogP contribution is 2.42. The highest BCUT2D eigenvalue weighted by Gasteiger charge is 2.26. The van der Waals surface area contributed by atoms with Gasteiger partial charge in [-0.15, -0.1) is 11.3 Å². The fourth-order valence-electron chi connectivity index (χ4n) is 3.89. The molecule has 0 aliphatic heterocycles. The first-order valence-corrected chi connectivity index (χ1v) is 10.4. The van der Waals surface area contributed by atoms with Crippen molar-refractivity contribution in [3.8, 4) is 11.4 Å². The number of nitrogens with zero attached hydrogens (tertiary/aromatic N) is 5. The summed E-state index contributed by atoms with van der Waals surface area (Å²) in [6, 6.07) is 8.21. The van der Waals surface area contributed by atoms with Crippen LogP contribution in [0.5, 0.6) is 0 Å². The van der Waals surface area contributed by atoms with E-state index in [0.29, 0.717) is 0 Å². The molecule has 1 aliphatic rings. The van der Waals surface area contributed by atoms with E-state index in [1.54, 1.807) is 6.20 Å². The van der Waals surface area contributed by atoms with Crippen molar-refractivity contribution in [2.75, 3.05) is 11.9 Å². The lowest BCUT2D eigenvalue weighted by molar-refractivity contribution is 0.727. The van der Waals surface area contributed by atoms with Gasteiger partial charge in [0.15, 0.2) is 5.82 Å². The molecule has 4 aromatic heterocycles. The maximum absolute atomic E-state index is 5.03. The third-order valence-electron chi connectivity index (χ3n) is 5.55. The fraction of sp³-hybridized carbons (Fsp3) is 0.273. The Bertz CT molecular complexity index is 1120. The number of pyridine rings is 2. The molecule has 0 fully saturated rings. The minimum atomic E-state index is 0.158. The first-order valence-electron chi connectivity index (χ1n) is 9.58. The topological polar surface area (TPSA) is 54.8 Å². The zero-order valence-corrected chi connectivity index (χ0v) is 16.8. The van der Waals surface area contributed by atoms with E-state index in [9.17, 15) is 0 Å². The van der Waals surface area contributed by atoms with Crippen LogP contribution in [0.4, 0.5) is 5.82 Å². The van der Waals surface area contributed by atoms with Crippen molar-refractivity contribution in [2.45, 2.75) is 32.2 Å². The summed E-state index contributed by atoms with van der Waals surface area (Å²) in [6.07, 6.45) is 10.8. The number of fused-ring (bicyclic) bond motifs is 3. The van der Waals surface area contributed by atoms with E-state index < -0.39 is 0 Å². The predicted octanol–water partition coefficient (Wildman–Crippen LogP) is 4.83. The number of hydrogen-bond donors (Lipinski definition) is 0. The van der Waals surface area contributed by atoms with Gasteiger partial charge in [-0.3, -0.25) is 9.97 Å². The normalized spacial score (nSPS) is 14.2. The van der Waals surface area contributed by atoms with E-state index in [1.807, 2.05) is 48.1 Å². The Labute approximate surface area is 168 Å². The summed E-state index contributed by atoms with van der Waals surface area (Å²) in [6.45, 7) is 2.20. The lowest BCUT2D eigenvalue weighted by atomic mass is 10.1. The molecule has 6 heteroatoms. The van der Waals surface area contributed by atoms with Crippen LogP contribution in [0, 0.1) is 0 Å². The van der Waals surface area contributed by atoms with Crippen LogP contribution in [0.1, 0.15) is 35.4 Å². The standard InChI is InChI=1S/C22H21N5S/c1-14(15-6-4-10-23-12-15)27(2)21-19-17-8-3-9-18(17)28-22(19)26-20(25-21)16-7-5-11-24-13-16/h4-7,10-14H,3,8-9H2,1-2H3. The van der Waals surface area contributed by atoms with Crippen molar-refractivity contribution < 1.29 is 0 Å². The van der Waals surface area contributed by atoms with Crippen LogP contribution >= 0.6 is 11.3 Å². The molecule has 0 N–H and O–H groups in total. The minimum absolute atomic E-state index is 0.158. The molecule has 0 amide bonds. The van der Waals surface area contributed by atoms with Crippen molar-refractivity contribution in [3.63, 3.8) is 0 Å². The van der Waals surface area contributed by atoms with Crippen molar-refractivity contribution in [3.05, 3.63) is 65.1 Å². The van der Waals surface area contributed by atoms with Crippen LogP contribution < -0.4 is 4.90 Å². The molecule has 0 saturated heterocycles. The molecule has 0 spiro atoms. The Morgan fingerprint density at radius 1 is 1.04 bits per heavy atom. The lowest BCUT2D eigenvalue weighted by Crippen LogP contribution is -2.23. The molecule has 1 aliphatic carbocycles. The Morgan fingerprint density at radius 2 is 1.86 bits per heavy atom. The molecule has 0 radical (unpaired) electrons. The minimum Gasteiger partial charge on any atom is -0.352 e. The second-order valence-corrected chi connectivity index (χ2v) is 8.31. The van der Waals surface area contributed by atoms with Gasteiger partial charge in [-0.05, 0) is 55.5 Å². The zero-order chi connectivity index (χ0) is 19.1. The van der Waals surface area contributed by atoms with Crippen molar-refractivity contribution in [1.82, 2.24) is 19.9 Å². The van der Waals surface area contributed by atoms with Crippen molar-refractivity contribution in [2.24, 2.45) is 0 Å². The van der Waals surface area contributed by atoms with Gasteiger partial charge >= 0.3 is 0 Å². The SMILES string of the molecule is CC(c1cccnc1)N(C)c1nc(-c2cccnc2)nc2sc3c(c12)CCC3. The molecule has 4 heterocycles. The Morgan fingerprint density at radius 3 is 2.61 bits per heavy atom. The second-order valence-electron chi connectivity index (χ2n) is 7.22. The van der Waals surface area contributed by atoms with E-state index >= 15 is 0 Å². The fourth-order valence-corrected chi connectivity index (χ4v) is 5.14. The molecule has 0 saturated carbocycles. The Hall–Kier alpha value is -2.86. The zero-order valence-electron chi connectivity index (χ0n) is 16.0. The first-order chi connectivity index (χ1) is 13.7. The van der Waals surface area contributed by atoms with Gasteiger partial charge in [0.1, 0.15) is 10.6 Å². The maximum atomic E-state index is 5.03. The highest BCUT2D eigenvalue weighted by molar-refractivity contribution is 7.19. The molecule has 0 bridgehead atoms. The number of anilines is 1. The van der Waals surface area contributed by atoms with Gasteiger partial charge in [-0.25, -0.2) is 9.97 Å². The van der Waals surface area contributed by atoms with Gasteiger partial charge in [0.2, 0.25) is 0 Å². The average Bonchev–Trinajstić information content (AvgIpc) is 3.34. The predicted molar refractivity (Wildman–Crippen MR) is 114 cm³/mol. The molecule has 5 nitrogen and oxygen atoms in total. The first kappa shape index (κ1) is 17.3. The molecule has 1 unspecified atom stereocenters. The van der Waals surface area contributed by atoms with Crippen LogP contribution in [-0.4, -0.2) is 27.0 Å².